The minimum absolute atomic E-state index is 0.640. The van der Waals surface area contributed by atoms with Crippen LogP contribution in [0, 0.1) is 4.77 Å². The van der Waals surface area contributed by atoms with E-state index in [0.717, 1.165) is 30.2 Å². The van der Waals surface area contributed by atoms with Crippen molar-refractivity contribution >= 4 is 18.2 Å². The molecule has 0 aromatic carbocycles. The molecule has 1 unspecified atom stereocenters. The Morgan fingerprint density at radius 1 is 1.50 bits per heavy atom. The monoisotopic (exact) mass is 240 g/mol. The predicted octanol–water partition coefficient (Wildman–Crippen LogP) is 2.73. The summed E-state index contributed by atoms with van der Waals surface area (Å²) in [4.78, 5) is 2.40. The molecule has 1 N–H and O–H groups in total. The maximum Gasteiger partial charge on any atom is 0.225 e. The first-order valence-corrected chi connectivity index (χ1v) is 6.60. The third kappa shape index (κ3) is 2.00. The number of nitrogens with one attached hydrogen (secondary N) is 1. The topological polar surface area (TPSA) is 36.9 Å². The summed E-state index contributed by atoms with van der Waals surface area (Å²) in [7, 11) is 0. The number of aromatic amines is 1. The largest absolute Gasteiger partial charge is 0.338 e. The highest BCUT2D eigenvalue weighted by Crippen LogP contribution is 2.25. The highest BCUT2D eigenvalue weighted by Gasteiger charge is 2.26. The molecule has 2 rings (SSSR count). The Bertz CT molecular complexity index is 395. The molecule has 0 amide bonds. The van der Waals surface area contributed by atoms with Crippen LogP contribution in [0.3, 0.4) is 0 Å². The molecule has 0 radical (unpaired) electrons. The maximum atomic E-state index is 5.27. The molecule has 1 aliphatic heterocycles. The van der Waals surface area contributed by atoms with Gasteiger partial charge in [0, 0.05) is 19.1 Å². The number of anilines is 1. The van der Waals surface area contributed by atoms with Gasteiger partial charge in [-0.15, -0.1) is 5.10 Å². The molecule has 0 bridgehead atoms. The molecule has 0 aliphatic carbocycles. The molecule has 1 aromatic rings. The second-order valence-electron chi connectivity index (χ2n) is 4.38. The zero-order chi connectivity index (χ0) is 11.5. The van der Waals surface area contributed by atoms with Crippen molar-refractivity contribution in [1.29, 1.82) is 0 Å². The lowest BCUT2D eigenvalue weighted by atomic mass is 10.2. The summed E-state index contributed by atoms with van der Waals surface area (Å²) in [5, 5.41) is 7.30. The minimum atomic E-state index is 0.640. The van der Waals surface area contributed by atoms with Crippen LogP contribution in [0.2, 0.25) is 0 Å². The highest BCUT2D eigenvalue weighted by atomic mass is 32.1. The second-order valence-corrected chi connectivity index (χ2v) is 4.76. The summed E-state index contributed by atoms with van der Waals surface area (Å²) in [5.41, 5.74) is 0. The molecular formula is C11H20N4S. The number of hydrogen-bond donors (Lipinski definition) is 1. The summed E-state index contributed by atoms with van der Waals surface area (Å²) >= 11 is 5.27. The first kappa shape index (κ1) is 11.6. The van der Waals surface area contributed by atoms with Gasteiger partial charge in [-0.05, 0) is 37.9 Å². The zero-order valence-corrected chi connectivity index (χ0v) is 10.9. The Kier molecular flexibility index (Phi) is 3.63. The van der Waals surface area contributed by atoms with Gasteiger partial charge in [0.1, 0.15) is 0 Å². The molecule has 0 saturated carbocycles. The summed E-state index contributed by atoms with van der Waals surface area (Å²) in [6.07, 6.45) is 4.82. The van der Waals surface area contributed by atoms with Gasteiger partial charge in [-0.3, -0.25) is 4.57 Å². The quantitative estimate of drug-likeness (QED) is 0.822. The molecule has 1 aromatic heterocycles. The molecular weight excluding hydrogens is 220 g/mol. The fourth-order valence-corrected chi connectivity index (χ4v) is 2.70. The van der Waals surface area contributed by atoms with Gasteiger partial charge in [0.05, 0.1) is 0 Å². The van der Waals surface area contributed by atoms with E-state index >= 15 is 0 Å². The van der Waals surface area contributed by atoms with E-state index in [0.29, 0.717) is 6.04 Å². The van der Waals surface area contributed by atoms with Crippen molar-refractivity contribution in [3.05, 3.63) is 4.77 Å². The predicted molar refractivity (Wildman–Crippen MR) is 68.4 cm³/mol. The molecule has 1 fully saturated rings. The van der Waals surface area contributed by atoms with E-state index in [9.17, 15) is 0 Å². The van der Waals surface area contributed by atoms with Crippen molar-refractivity contribution in [2.45, 2.75) is 52.1 Å². The Balaban J connectivity index is 2.28. The van der Waals surface area contributed by atoms with Crippen molar-refractivity contribution in [2.24, 2.45) is 0 Å². The Labute approximate surface area is 102 Å². The summed E-state index contributed by atoms with van der Waals surface area (Å²) in [6.45, 7) is 6.48. The van der Waals surface area contributed by atoms with Crippen LogP contribution in [0.25, 0.3) is 0 Å². The van der Waals surface area contributed by atoms with Crippen LogP contribution < -0.4 is 4.90 Å². The normalized spacial score (nSPS) is 20.6. The summed E-state index contributed by atoms with van der Waals surface area (Å²) in [5.74, 6) is 1.04. The fourth-order valence-electron chi connectivity index (χ4n) is 2.48. The number of aromatic nitrogens is 3. The Hall–Kier alpha value is -0.840. The van der Waals surface area contributed by atoms with Crippen LogP contribution in [0.4, 0.5) is 5.95 Å². The van der Waals surface area contributed by atoms with Gasteiger partial charge in [-0.2, -0.15) is 0 Å². The van der Waals surface area contributed by atoms with Crippen molar-refractivity contribution in [1.82, 2.24) is 14.8 Å². The lowest BCUT2D eigenvalue weighted by Gasteiger charge is -2.24. The number of H-pyrrole nitrogens is 1. The van der Waals surface area contributed by atoms with Crippen molar-refractivity contribution < 1.29 is 0 Å². The van der Waals surface area contributed by atoms with Crippen LogP contribution >= 0.6 is 12.2 Å². The standard InChI is InChI=1S/C11H20N4S/c1-3-7-15-10(12-13-11(15)16)14-8-5-6-9(14)4-2/h9H,3-8H2,1-2H3,(H,13,16). The van der Waals surface area contributed by atoms with Crippen LogP contribution in [0.5, 0.6) is 0 Å². The number of rotatable bonds is 4. The average molecular weight is 240 g/mol. The lowest BCUT2D eigenvalue weighted by molar-refractivity contribution is 0.600. The molecule has 4 nitrogen and oxygen atoms in total. The Morgan fingerprint density at radius 3 is 3.00 bits per heavy atom. The van der Waals surface area contributed by atoms with E-state index in [-0.39, 0.29) is 0 Å². The van der Waals surface area contributed by atoms with Crippen LogP contribution in [0.15, 0.2) is 0 Å². The van der Waals surface area contributed by atoms with Crippen molar-refractivity contribution in [3.63, 3.8) is 0 Å². The average Bonchev–Trinajstić information content (AvgIpc) is 2.87. The van der Waals surface area contributed by atoms with Crippen molar-refractivity contribution in [3.8, 4) is 0 Å². The Morgan fingerprint density at radius 2 is 2.31 bits per heavy atom. The van der Waals surface area contributed by atoms with Gasteiger partial charge in [0.25, 0.3) is 0 Å². The minimum Gasteiger partial charge on any atom is -0.338 e. The van der Waals surface area contributed by atoms with Crippen LogP contribution in [-0.4, -0.2) is 27.4 Å². The van der Waals surface area contributed by atoms with Crippen LogP contribution in [0.1, 0.15) is 39.5 Å². The van der Waals surface area contributed by atoms with Gasteiger partial charge in [-0.1, -0.05) is 13.8 Å². The molecule has 1 atom stereocenters. The van der Waals surface area contributed by atoms with Gasteiger partial charge < -0.3 is 4.90 Å². The molecule has 0 spiro atoms. The molecule has 2 heterocycles. The van der Waals surface area contributed by atoms with E-state index < -0.39 is 0 Å². The summed E-state index contributed by atoms with van der Waals surface area (Å²) < 4.78 is 2.88. The molecule has 16 heavy (non-hydrogen) atoms. The van der Waals surface area contributed by atoms with Gasteiger partial charge in [0.15, 0.2) is 4.77 Å². The zero-order valence-electron chi connectivity index (χ0n) is 10.1. The second kappa shape index (κ2) is 4.99. The maximum absolute atomic E-state index is 5.27. The lowest BCUT2D eigenvalue weighted by Crippen LogP contribution is -2.31. The summed E-state index contributed by atoms with van der Waals surface area (Å²) in [6, 6.07) is 0.640. The first-order valence-electron chi connectivity index (χ1n) is 6.19. The van der Waals surface area contributed by atoms with Crippen LogP contribution in [-0.2, 0) is 6.54 Å². The van der Waals surface area contributed by atoms with Crippen molar-refractivity contribution in [2.75, 3.05) is 11.4 Å². The van der Waals surface area contributed by atoms with Gasteiger partial charge >= 0.3 is 0 Å². The molecule has 90 valence electrons. The van der Waals surface area contributed by atoms with E-state index in [4.69, 9.17) is 12.2 Å². The third-order valence-corrected chi connectivity index (χ3v) is 3.60. The SMILES string of the molecule is CCCn1c(N2CCCC2CC)n[nH]c1=S. The van der Waals surface area contributed by atoms with E-state index in [1.165, 1.54) is 19.3 Å². The third-order valence-electron chi connectivity index (χ3n) is 3.29. The van der Waals surface area contributed by atoms with Gasteiger partial charge in [0.2, 0.25) is 5.95 Å². The smallest absolute Gasteiger partial charge is 0.225 e. The first-order chi connectivity index (χ1) is 7.77. The fraction of sp³-hybridized carbons (Fsp3) is 0.818. The number of hydrogen-bond acceptors (Lipinski definition) is 3. The highest BCUT2D eigenvalue weighted by molar-refractivity contribution is 7.71. The molecule has 5 heteroatoms. The number of nitrogens with zero attached hydrogens (tertiary/aromatic N) is 3. The van der Waals surface area contributed by atoms with E-state index in [1.54, 1.807) is 0 Å². The molecule has 1 saturated heterocycles. The van der Waals surface area contributed by atoms with E-state index in [1.807, 2.05) is 0 Å². The molecule has 1 aliphatic rings. The van der Waals surface area contributed by atoms with E-state index in [2.05, 4.69) is 33.5 Å². The van der Waals surface area contributed by atoms with Gasteiger partial charge in [-0.25, -0.2) is 5.10 Å².